The Labute approximate surface area is 292 Å². The van der Waals surface area contributed by atoms with Crippen LogP contribution in [-0.4, -0.2) is 83.3 Å². The average molecular weight is 699 g/mol. The molecule has 0 saturated carbocycles. The van der Waals surface area contributed by atoms with Crippen LogP contribution in [0.2, 0.25) is 0 Å². The third kappa shape index (κ3) is 11.7. The maximum absolute atomic E-state index is 11.4. The Balaban J connectivity index is 0.00000111. The lowest BCUT2D eigenvalue weighted by Gasteiger charge is -2.11. The third-order valence-corrected chi connectivity index (χ3v) is 6.80. The van der Waals surface area contributed by atoms with E-state index >= 15 is 0 Å². The van der Waals surface area contributed by atoms with Crippen molar-refractivity contribution in [3.05, 3.63) is 106 Å². The van der Waals surface area contributed by atoms with Crippen molar-refractivity contribution in [2.24, 2.45) is 20.5 Å². The van der Waals surface area contributed by atoms with E-state index in [9.17, 15) is 9.59 Å². The van der Waals surface area contributed by atoms with E-state index in [4.69, 9.17) is 19.7 Å². The van der Waals surface area contributed by atoms with Gasteiger partial charge in [0.05, 0.1) is 35.2 Å². The van der Waals surface area contributed by atoms with E-state index in [1.807, 2.05) is 84.9 Å². The van der Waals surface area contributed by atoms with Crippen LogP contribution in [0.4, 0.5) is 22.7 Å². The summed E-state index contributed by atoms with van der Waals surface area (Å²) in [5.74, 6) is 1.21. The van der Waals surface area contributed by atoms with Crippen molar-refractivity contribution in [2.75, 3.05) is 63.7 Å². The standard InChI is InChI=1S/C32H32N10O4.C2H6O.CH4O/c43-31-37-23-11-9-21(19-27(23)39-31)33-13-15-35-41-25-5-1-3-7-29(25)45-17-18-46-30-8-4-2-6-26(30)42-36-16-14-34-22-10-12-24-28(20-22)40-32(44)38-24;1-2-3;1-2/h1-12,19-20,33-34H,13-18H2,(H2,37,39,43)(H2,38,40,44);3H,2H2,1H3;2H,1H3. The molecule has 0 saturated heterocycles. The van der Waals surface area contributed by atoms with Gasteiger partial charge in [0.1, 0.15) is 36.1 Å². The zero-order valence-corrected chi connectivity index (χ0v) is 28.3. The number of aromatic nitrogens is 4. The number of H-pyrrole nitrogens is 4. The molecule has 6 rings (SSSR count). The Hall–Kier alpha value is -6.26. The van der Waals surface area contributed by atoms with Gasteiger partial charge in [-0.1, -0.05) is 24.3 Å². The lowest BCUT2D eigenvalue weighted by Crippen LogP contribution is -2.09. The highest BCUT2D eigenvalue weighted by Gasteiger charge is 2.06. The highest BCUT2D eigenvalue weighted by Crippen LogP contribution is 2.29. The second-order valence-electron chi connectivity index (χ2n) is 10.4. The number of aliphatic hydroxyl groups excluding tert-OH is 2. The van der Waals surface area contributed by atoms with E-state index in [2.05, 4.69) is 51.0 Å². The smallest absolute Gasteiger partial charge is 0.323 e. The van der Waals surface area contributed by atoms with Gasteiger partial charge in [0.25, 0.3) is 0 Å². The number of azo groups is 2. The van der Waals surface area contributed by atoms with Crippen molar-refractivity contribution in [3.8, 4) is 11.5 Å². The fourth-order valence-corrected chi connectivity index (χ4v) is 4.66. The fraction of sp³-hybridized carbons (Fsp3) is 0.257. The second kappa shape index (κ2) is 20.3. The molecule has 6 aromatic rings. The average Bonchev–Trinajstić information content (AvgIpc) is 3.71. The van der Waals surface area contributed by atoms with Gasteiger partial charge in [-0.05, 0) is 67.6 Å². The monoisotopic (exact) mass is 698 g/mol. The van der Waals surface area contributed by atoms with E-state index in [0.29, 0.717) is 62.3 Å². The Bertz CT molecular complexity index is 1970. The van der Waals surface area contributed by atoms with Crippen LogP contribution in [0.5, 0.6) is 11.5 Å². The molecular formula is C35H42N10O6. The molecule has 16 heteroatoms. The van der Waals surface area contributed by atoms with E-state index in [0.717, 1.165) is 40.6 Å². The van der Waals surface area contributed by atoms with Gasteiger partial charge >= 0.3 is 11.4 Å². The maximum Gasteiger partial charge on any atom is 0.323 e. The van der Waals surface area contributed by atoms with Crippen LogP contribution in [0.15, 0.2) is 115 Å². The number of benzene rings is 4. The first-order valence-corrected chi connectivity index (χ1v) is 16.2. The normalized spacial score (nSPS) is 10.9. The number of aliphatic hydroxyl groups is 2. The number of hydrogen-bond donors (Lipinski definition) is 8. The Morgan fingerprint density at radius 3 is 1.43 bits per heavy atom. The number of rotatable bonds is 15. The first kappa shape index (κ1) is 37.6. The van der Waals surface area contributed by atoms with Crippen molar-refractivity contribution >= 4 is 44.8 Å². The van der Waals surface area contributed by atoms with E-state index in [-0.39, 0.29) is 18.0 Å². The number of nitrogens with one attached hydrogen (secondary N) is 6. The summed E-state index contributed by atoms with van der Waals surface area (Å²) in [6, 6.07) is 26.1. The molecule has 0 atom stereocenters. The Morgan fingerprint density at radius 2 is 1.00 bits per heavy atom. The van der Waals surface area contributed by atoms with Crippen LogP contribution in [-0.2, 0) is 0 Å². The number of aromatic amines is 4. The number of imidazole rings is 2. The third-order valence-electron chi connectivity index (χ3n) is 6.80. The lowest BCUT2D eigenvalue weighted by atomic mass is 10.3. The first-order chi connectivity index (χ1) is 25.0. The fourth-order valence-electron chi connectivity index (χ4n) is 4.66. The van der Waals surface area contributed by atoms with Crippen LogP contribution in [0.3, 0.4) is 0 Å². The van der Waals surface area contributed by atoms with Crippen LogP contribution >= 0.6 is 0 Å². The summed E-state index contributed by atoms with van der Waals surface area (Å²) in [7, 11) is 1.00. The van der Waals surface area contributed by atoms with E-state index in [1.165, 1.54) is 0 Å². The highest BCUT2D eigenvalue weighted by molar-refractivity contribution is 5.79. The van der Waals surface area contributed by atoms with Crippen molar-refractivity contribution in [3.63, 3.8) is 0 Å². The summed E-state index contributed by atoms with van der Waals surface area (Å²) in [5.41, 5.74) is 5.55. The van der Waals surface area contributed by atoms with Crippen LogP contribution < -0.4 is 31.5 Å². The molecule has 51 heavy (non-hydrogen) atoms. The van der Waals surface area contributed by atoms with Gasteiger partial charge < -0.3 is 50.3 Å². The van der Waals surface area contributed by atoms with Crippen molar-refractivity contribution in [2.45, 2.75) is 6.92 Å². The Kier molecular flexibility index (Phi) is 14.9. The summed E-state index contributed by atoms with van der Waals surface area (Å²) in [5, 5.41) is 38.4. The lowest BCUT2D eigenvalue weighted by molar-refractivity contribution is 0.218. The number of nitrogens with zero attached hydrogens (tertiary/aromatic N) is 4. The number of ether oxygens (including phenoxy) is 2. The molecule has 0 aliphatic heterocycles. The largest absolute Gasteiger partial charge is 0.488 e. The van der Waals surface area contributed by atoms with Gasteiger partial charge in [-0.15, -0.1) is 0 Å². The minimum atomic E-state index is -0.231. The predicted molar refractivity (Wildman–Crippen MR) is 198 cm³/mol. The number of hydrogen-bond acceptors (Lipinski definition) is 12. The van der Waals surface area contributed by atoms with Crippen LogP contribution in [0.1, 0.15) is 6.92 Å². The molecular weight excluding hydrogens is 656 g/mol. The molecule has 0 bridgehead atoms. The van der Waals surface area contributed by atoms with Crippen molar-refractivity contribution < 1.29 is 19.7 Å². The van der Waals surface area contributed by atoms with Gasteiger partial charge in [-0.2, -0.15) is 20.5 Å². The molecule has 2 aromatic heterocycles. The molecule has 0 aliphatic rings. The molecule has 0 radical (unpaired) electrons. The summed E-state index contributed by atoms with van der Waals surface area (Å²) in [4.78, 5) is 33.8. The molecule has 0 fully saturated rings. The molecule has 8 N–H and O–H groups in total. The number of para-hydroxylation sites is 2. The van der Waals surface area contributed by atoms with Crippen LogP contribution in [0.25, 0.3) is 22.1 Å². The number of anilines is 2. The number of fused-ring (bicyclic) bond motifs is 2. The zero-order valence-electron chi connectivity index (χ0n) is 28.3. The van der Waals surface area contributed by atoms with Gasteiger partial charge in [0.2, 0.25) is 0 Å². The minimum Gasteiger partial charge on any atom is -0.488 e. The maximum atomic E-state index is 11.4. The summed E-state index contributed by atoms with van der Waals surface area (Å²) >= 11 is 0. The molecule has 16 nitrogen and oxygen atoms in total. The van der Waals surface area contributed by atoms with Gasteiger partial charge in [-0.25, -0.2) is 9.59 Å². The first-order valence-electron chi connectivity index (χ1n) is 16.2. The topological polar surface area (TPSA) is 230 Å². The SMILES string of the molecule is CCO.CO.O=c1[nH]c2ccc(NCCN=Nc3ccccc3OCCOc3ccccc3N=NCCNc3ccc4[nH]c(=O)[nH]c4c3)cc2[nH]1. The minimum absolute atomic E-state index is 0.231. The molecule has 0 unspecified atom stereocenters. The van der Waals surface area contributed by atoms with E-state index in [1.54, 1.807) is 6.92 Å². The summed E-state index contributed by atoms with van der Waals surface area (Å²) in [6.45, 7) is 4.56. The van der Waals surface area contributed by atoms with E-state index < -0.39 is 0 Å². The summed E-state index contributed by atoms with van der Waals surface area (Å²) < 4.78 is 11.9. The summed E-state index contributed by atoms with van der Waals surface area (Å²) in [6.07, 6.45) is 0. The molecule has 2 heterocycles. The van der Waals surface area contributed by atoms with Crippen LogP contribution in [0, 0.1) is 0 Å². The molecule has 268 valence electrons. The zero-order chi connectivity index (χ0) is 36.3. The van der Waals surface area contributed by atoms with Crippen molar-refractivity contribution in [1.82, 2.24) is 19.9 Å². The second-order valence-corrected chi connectivity index (χ2v) is 10.4. The van der Waals surface area contributed by atoms with Gasteiger partial charge in [-0.3, -0.25) is 0 Å². The molecule has 0 spiro atoms. The Morgan fingerprint density at radius 1 is 0.608 bits per heavy atom. The predicted octanol–water partition coefficient (Wildman–Crippen LogP) is 5.48. The van der Waals surface area contributed by atoms with Crippen molar-refractivity contribution in [1.29, 1.82) is 0 Å². The van der Waals surface area contributed by atoms with Gasteiger partial charge in [0.15, 0.2) is 0 Å². The molecule has 0 aliphatic carbocycles. The molecule has 4 aromatic carbocycles. The molecule has 0 amide bonds. The highest BCUT2D eigenvalue weighted by atomic mass is 16.5. The quantitative estimate of drug-likeness (QED) is 0.0504. The van der Waals surface area contributed by atoms with Gasteiger partial charge in [0, 0.05) is 38.2 Å².